The van der Waals surface area contributed by atoms with Gasteiger partial charge in [0.25, 0.3) is 0 Å². The highest BCUT2D eigenvalue weighted by Gasteiger charge is 2.10. The molecule has 3 heteroatoms. The maximum Gasteiger partial charge on any atom is 0.129 e. The van der Waals surface area contributed by atoms with E-state index in [9.17, 15) is 0 Å². The molecule has 18 heavy (non-hydrogen) atoms. The molecule has 0 spiro atoms. The fourth-order valence-electron chi connectivity index (χ4n) is 2.53. The summed E-state index contributed by atoms with van der Waals surface area (Å²) >= 11 is 0. The summed E-state index contributed by atoms with van der Waals surface area (Å²) in [5, 5.41) is 3.65. The van der Waals surface area contributed by atoms with E-state index in [1.165, 1.54) is 38.5 Å². The van der Waals surface area contributed by atoms with Crippen LogP contribution in [0.15, 0.2) is 22.8 Å². The quantitative estimate of drug-likeness (QED) is 0.595. The Morgan fingerprint density at radius 2 is 2.06 bits per heavy atom. The maximum atomic E-state index is 5.56. The second kappa shape index (κ2) is 8.33. The molecule has 1 saturated carbocycles. The Kier molecular flexibility index (Phi) is 6.30. The van der Waals surface area contributed by atoms with Gasteiger partial charge in [0.05, 0.1) is 6.26 Å². The molecule has 1 N–H and O–H groups in total. The monoisotopic (exact) mass is 251 g/mol. The summed E-state index contributed by atoms with van der Waals surface area (Å²) in [5.41, 5.74) is 0. The second-order valence-electron chi connectivity index (χ2n) is 5.13. The molecular formula is C15H25NO2. The molecule has 1 fully saturated rings. The van der Waals surface area contributed by atoms with Gasteiger partial charge in [-0.15, -0.1) is 0 Å². The van der Waals surface area contributed by atoms with Crippen LogP contribution in [0.5, 0.6) is 0 Å². The maximum absolute atomic E-state index is 5.56. The lowest BCUT2D eigenvalue weighted by Crippen LogP contribution is -2.29. The summed E-state index contributed by atoms with van der Waals surface area (Å²) in [6.07, 6.45) is 11.1. The molecule has 0 aromatic carbocycles. The molecule has 0 radical (unpaired) electrons. The predicted molar refractivity (Wildman–Crippen MR) is 72.5 cm³/mol. The summed E-state index contributed by atoms with van der Waals surface area (Å²) in [6.45, 7) is 2.47. The van der Waals surface area contributed by atoms with Crippen LogP contribution in [0.2, 0.25) is 0 Å². The van der Waals surface area contributed by atoms with Crippen LogP contribution >= 0.6 is 0 Å². The van der Waals surface area contributed by atoms with E-state index >= 15 is 0 Å². The molecule has 0 aliphatic heterocycles. The first-order valence-corrected chi connectivity index (χ1v) is 7.28. The number of furan rings is 1. The van der Waals surface area contributed by atoms with Crippen molar-refractivity contribution in [1.29, 1.82) is 0 Å². The average molecular weight is 251 g/mol. The zero-order chi connectivity index (χ0) is 12.5. The van der Waals surface area contributed by atoms with Crippen molar-refractivity contribution in [2.45, 2.75) is 57.6 Å². The Bertz CT molecular complexity index is 289. The number of ether oxygens (including phenoxy) is 1. The van der Waals surface area contributed by atoms with E-state index in [2.05, 4.69) is 5.32 Å². The molecule has 1 aliphatic carbocycles. The lowest BCUT2D eigenvalue weighted by atomic mass is 10.1. The van der Waals surface area contributed by atoms with E-state index in [-0.39, 0.29) is 0 Å². The van der Waals surface area contributed by atoms with Gasteiger partial charge in [0.2, 0.25) is 0 Å². The van der Waals surface area contributed by atoms with Crippen molar-refractivity contribution in [3.05, 3.63) is 24.2 Å². The van der Waals surface area contributed by atoms with Crippen molar-refractivity contribution in [2.75, 3.05) is 13.2 Å². The van der Waals surface area contributed by atoms with Gasteiger partial charge in [-0.1, -0.05) is 25.7 Å². The van der Waals surface area contributed by atoms with Gasteiger partial charge in [0.15, 0.2) is 0 Å². The Morgan fingerprint density at radius 3 is 2.78 bits per heavy atom. The van der Waals surface area contributed by atoms with Crippen molar-refractivity contribution in [2.24, 2.45) is 0 Å². The van der Waals surface area contributed by atoms with Gasteiger partial charge in [-0.25, -0.2) is 0 Å². The van der Waals surface area contributed by atoms with Crippen molar-refractivity contribution < 1.29 is 9.15 Å². The summed E-state index contributed by atoms with van der Waals surface area (Å²) in [7, 11) is 0. The smallest absolute Gasteiger partial charge is 0.129 e. The zero-order valence-corrected chi connectivity index (χ0v) is 11.2. The zero-order valence-electron chi connectivity index (χ0n) is 11.2. The third-order valence-corrected chi connectivity index (χ3v) is 3.58. The van der Waals surface area contributed by atoms with Gasteiger partial charge in [0, 0.05) is 12.6 Å². The van der Waals surface area contributed by atoms with Crippen LogP contribution in [-0.4, -0.2) is 19.2 Å². The van der Waals surface area contributed by atoms with E-state index in [0.717, 1.165) is 31.4 Å². The lowest BCUT2D eigenvalue weighted by Gasteiger charge is -2.15. The van der Waals surface area contributed by atoms with Gasteiger partial charge in [0.1, 0.15) is 12.4 Å². The molecule has 1 aromatic heterocycles. The first-order chi connectivity index (χ1) is 8.95. The van der Waals surface area contributed by atoms with Gasteiger partial charge >= 0.3 is 0 Å². The van der Waals surface area contributed by atoms with E-state index in [1.807, 2.05) is 12.1 Å². The van der Waals surface area contributed by atoms with Crippen LogP contribution in [0, 0.1) is 0 Å². The Balaban J connectivity index is 1.45. The van der Waals surface area contributed by atoms with E-state index < -0.39 is 0 Å². The largest absolute Gasteiger partial charge is 0.467 e. The highest BCUT2D eigenvalue weighted by atomic mass is 16.5. The third-order valence-electron chi connectivity index (χ3n) is 3.58. The first kappa shape index (κ1) is 13.6. The molecule has 0 bridgehead atoms. The fourth-order valence-corrected chi connectivity index (χ4v) is 2.53. The predicted octanol–water partition coefficient (Wildman–Crippen LogP) is 3.50. The summed E-state index contributed by atoms with van der Waals surface area (Å²) in [5.74, 6) is 0.909. The molecule has 0 saturated heterocycles. The van der Waals surface area contributed by atoms with Crippen LogP contribution in [0.1, 0.15) is 50.7 Å². The van der Waals surface area contributed by atoms with Crippen LogP contribution in [0.4, 0.5) is 0 Å². The van der Waals surface area contributed by atoms with E-state index in [1.54, 1.807) is 6.26 Å². The van der Waals surface area contributed by atoms with Crippen LogP contribution < -0.4 is 5.32 Å². The first-order valence-electron chi connectivity index (χ1n) is 7.28. The summed E-state index contributed by atoms with van der Waals surface area (Å²) in [4.78, 5) is 0. The lowest BCUT2D eigenvalue weighted by molar-refractivity contribution is 0.103. The molecule has 3 nitrogen and oxygen atoms in total. The average Bonchev–Trinajstić information content (AvgIpc) is 2.76. The Morgan fingerprint density at radius 1 is 1.22 bits per heavy atom. The molecule has 102 valence electrons. The van der Waals surface area contributed by atoms with Crippen molar-refractivity contribution in [3.63, 3.8) is 0 Å². The minimum absolute atomic E-state index is 0.594. The second-order valence-corrected chi connectivity index (χ2v) is 5.13. The van der Waals surface area contributed by atoms with Gasteiger partial charge in [-0.05, 0) is 37.9 Å². The van der Waals surface area contributed by atoms with Gasteiger partial charge in [-0.2, -0.15) is 0 Å². The SMILES string of the molecule is c1coc(COCCCNC2CCCCCC2)c1. The molecule has 1 aromatic rings. The topological polar surface area (TPSA) is 34.4 Å². The standard InChI is InChI=1S/C15H25NO2/c1-2-4-8-14(7-3-1)16-10-6-11-17-13-15-9-5-12-18-15/h5,9,12,14,16H,1-4,6-8,10-11,13H2. The number of rotatable bonds is 7. The van der Waals surface area contributed by atoms with E-state index in [0.29, 0.717) is 6.61 Å². The summed E-state index contributed by atoms with van der Waals surface area (Å²) < 4.78 is 10.8. The summed E-state index contributed by atoms with van der Waals surface area (Å²) in [6, 6.07) is 4.59. The normalized spacial score (nSPS) is 17.8. The molecule has 2 rings (SSSR count). The minimum Gasteiger partial charge on any atom is -0.467 e. The highest BCUT2D eigenvalue weighted by molar-refractivity contribution is 4.95. The van der Waals surface area contributed by atoms with Crippen molar-refractivity contribution in [3.8, 4) is 0 Å². The van der Waals surface area contributed by atoms with Crippen LogP contribution in [0.3, 0.4) is 0 Å². The molecule has 0 amide bonds. The third kappa shape index (κ3) is 5.23. The highest BCUT2D eigenvalue weighted by Crippen LogP contribution is 2.16. The number of nitrogens with one attached hydrogen (secondary N) is 1. The van der Waals surface area contributed by atoms with E-state index in [4.69, 9.17) is 9.15 Å². The molecule has 1 aliphatic rings. The number of hydrogen-bond donors (Lipinski definition) is 1. The molecule has 1 heterocycles. The van der Waals surface area contributed by atoms with Crippen molar-refractivity contribution in [1.82, 2.24) is 5.32 Å². The molecular weight excluding hydrogens is 226 g/mol. The fraction of sp³-hybridized carbons (Fsp3) is 0.733. The van der Waals surface area contributed by atoms with Gasteiger partial charge < -0.3 is 14.5 Å². The Hall–Kier alpha value is -0.800. The number of hydrogen-bond acceptors (Lipinski definition) is 3. The molecule has 0 atom stereocenters. The van der Waals surface area contributed by atoms with Crippen LogP contribution in [0.25, 0.3) is 0 Å². The van der Waals surface area contributed by atoms with Crippen molar-refractivity contribution >= 4 is 0 Å². The molecule has 0 unspecified atom stereocenters. The minimum atomic E-state index is 0.594. The van der Waals surface area contributed by atoms with Gasteiger partial charge in [-0.3, -0.25) is 0 Å². The van der Waals surface area contributed by atoms with Crippen LogP contribution in [-0.2, 0) is 11.3 Å². The Labute approximate surface area is 110 Å².